The smallest absolute Gasteiger partial charge is 0.125 e. The molecular formula is C12H23N3. The van der Waals surface area contributed by atoms with Crippen LogP contribution in [0, 0.1) is 0 Å². The van der Waals surface area contributed by atoms with Gasteiger partial charge in [0, 0.05) is 25.0 Å². The molecule has 3 heteroatoms. The molecule has 1 rings (SSSR count). The van der Waals surface area contributed by atoms with Crippen LogP contribution in [-0.2, 0) is 7.05 Å². The van der Waals surface area contributed by atoms with Crippen LogP contribution in [-0.4, -0.2) is 15.1 Å². The van der Waals surface area contributed by atoms with Gasteiger partial charge in [0.1, 0.15) is 5.82 Å². The molecule has 1 atom stereocenters. The third-order valence-electron chi connectivity index (χ3n) is 3.37. The molecule has 1 heterocycles. The molecule has 86 valence electrons. The van der Waals surface area contributed by atoms with Crippen molar-refractivity contribution >= 4 is 0 Å². The maximum Gasteiger partial charge on any atom is 0.125 e. The lowest BCUT2D eigenvalue weighted by atomic mass is 9.94. The van der Waals surface area contributed by atoms with Crippen LogP contribution < -0.4 is 5.32 Å². The van der Waals surface area contributed by atoms with Crippen molar-refractivity contribution in [3.8, 4) is 0 Å². The van der Waals surface area contributed by atoms with E-state index in [1.807, 2.05) is 19.4 Å². The first-order valence-corrected chi connectivity index (χ1v) is 5.77. The Morgan fingerprint density at radius 2 is 2.07 bits per heavy atom. The Bertz CT molecular complexity index is 300. The molecular weight excluding hydrogens is 186 g/mol. The summed E-state index contributed by atoms with van der Waals surface area (Å²) in [4.78, 5) is 4.37. The zero-order chi connectivity index (χ0) is 11.5. The van der Waals surface area contributed by atoms with Gasteiger partial charge in [-0.25, -0.2) is 4.98 Å². The van der Waals surface area contributed by atoms with Crippen molar-refractivity contribution in [1.82, 2.24) is 14.9 Å². The molecule has 1 aromatic heterocycles. The lowest BCUT2D eigenvalue weighted by Crippen LogP contribution is -2.43. The quantitative estimate of drug-likeness (QED) is 0.808. The van der Waals surface area contributed by atoms with Gasteiger partial charge < -0.3 is 9.88 Å². The summed E-state index contributed by atoms with van der Waals surface area (Å²) in [6.45, 7) is 8.89. The normalized spacial score (nSPS) is 14.2. The van der Waals surface area contributed by atoms with Crippen molar-refractivity contribution in [2.45, 2.75) is 52.1 Å². The fourth-order valence-corrected chi connectivity index (χ4v) is 1.84. The predicted octanol–water partition coefficient (Wildman–Crippen LogP) is 2.65. The van der Waals surface area contributed by atoms with Gasteiger partial charge in [0.15, 0.2) is 0 Å². The monoisotopic (exact) mass is 209 g/mol. The number of hydrogen-bond donors (Lipinski definition) is 1. The molecule has 15 heavy (non-hydrogen) atoms. The molecule has 1 N–H and O–H groups in total. The summed E-state index contributed by atoms with van der Waals surface area (Å²) in [5, 5.41) is 3.65. The van der Waals surface area contributed by atoms with Gasteiger partial charge in [-0.05, 0) is 26.7 Å². The van der Waals surface area contributed by atoms with E-state index in [2.05, 4.69) is 42.6 Å². The first-order chi connectivity index (χ1) is 7.02. The second-order valence-electron chi connectivity index (χ2n) is 4.53. The number of aryl methyl sites for hydroxylation is 1. The first kappa shape index (κ1) is 12.2. The van der Waals surface area contributed by atoms with Crippen LogP contribution in [0.3, 0.4) is 0 Å². The Morgan fingerprint density at radius 1 is 1.47 bits per heavy atom. The largest absolute Gasteiger partial charge is 0.337 e. The number of nitrogens with one attached hydrogen (secondary N) is 1. The molecule has 0 aromatic carbocycles. The predicted molar refractivity (Wildman–Crippen MR) is 63.7 cm³/mol. The van der Waals surface area contributed by atoms with Crippen LogP contribution in [0.5, 0.6) is 0 Å². The van der Waals surface area contributed by atoms with Gasteiger partial charge in [-0.15, -0.1) is 0 Å². The number of rotatable bonds is 5. The van der Waals surface area contributed by atoms with E-state index in [9.17, 15) is 0 Å². The van der Waals surface area contributed by atoms with Gasteiger partial charge >= 0.3 is 0 Å². The molecule has 1 aromatic rings. The minimum Gasteiger partial charge on any atom is -0.337 e. The highest BCUT2D eigenvalue weighted by atomic mass is 15.1. The van der Waals surface area contributed by atoms with E-state index >= 15 is 0 Å². The third kappa shape index (κ3) is 2.81. The fourth-order valence-electron chi connectivity index (χ4n) is 1.84. The molecule has 0 aliphatic heterocycles. The summed E-state index contributed by atoms with van der Waals surface area (Å²) in [7, 11) is 2.04. The van der Waals surface area contributed by atoms with Crippen molar-refractivity contribution < 1.29 is 0 Å². The molecule has 0 amide bonds. The zero-order valence-electron chi connectivity index (χ0n) is 10.5. The average Bonchev–Trinajstić information content (AvgIpc) is 2.64. The van der Waals surface area contributed by atoms with Gasteiger partial charge in [0.05, 0.1) is 6.04 Å². The highest BCUT2D eigenvalue weighted by Crippen LogP contribution is 2.19. The van der Waals surface area contributed by atoms with Crippen molar-refractivity contribution in [1.29, 1.82) is 0 Å². The minimum absolute atomic E-state index is 0.214. The zero-order valence-corrected chi connectivity index (χ0v) is 10.5. The number of imidazole rings is 1. The number of hydrogen-bond acceptors (Lipinski definition) is 2. The summed E-state index contributed by atoms with van der Waals surface area (Å²) in [6.07, 6.45) is 6.11. The molecule has 0 aliphatic carbocycles. The van der Waals surface area contributed by atoms with Crippen LogP contribution in [0.2, 0.25) is 0 Å². The van der Waals surface area contributed by atoms with Crippen LogP contribution in [0.15, 0.2) is 12.4 Å². The molecule has 0 fully saturated rings. The Hall–Kier alpha value is -0.830. The molecule has 0 radical (unpaired) electrons. The maximum absolute atomic E-state index is 4.37. The molecule has 3 nitrogen and oxygen atoms in total. The van der Waals surface area contributed by atoms with Crippen molar-refractivity contribution in [2.24, 2.45) is 7.05 Å². The minimum atomic E-state index is 0.214. The van der Waals surface area contributed by atoms with E-state index in [1.165, 1.54) is 0 Å². The summed E-state index contributed by atoms with van der Waals surface area (Å²) in [5.74, 6) is 1.10. The van der Waals surface area contributed by atoms with E-state index in [0.29, 0.717) is 6.04 Å². The Kier molecular flexibility index (Phi) is 3.91. The van der Waals surface area contributed by atoms with Gasteiger partial charge in [0.2, 0.25) is 0 Å². The molecule has 0 saturated carbocycles. The Labute approximate surface area is 92.9 Å². The molecule has 0 saturated heterocycles. The van der Waals surface area contributed by atoms with Crippen molar-refractivity contribution in [3.63, 3.8) is 0 Å². The van der Waals surface area contributed by atoms with Crippen LogP contribution >= 0.6 is 0 Å². The average molecular weight is 209 g/mol. The van der Waals surface area contributed by atoms with Crippen molar-refractivity contribution in [3.05, 3.63) is 18.2 Å². The summed E-state index contributed by atoms with van der Waals surface area (Å²) >= 11 is 0. The summed E-state index contributed by atoms with van der Waals surface area (Å²) in [5.41, 5.74) is 0.214. The number of aromatic nitrogens is 2. The highest BCUT2D eigenvalue weighted by molar-refractivity contribution is 4.99. The van der Waals surface area contributed by atoms with Gasteiger partial charge in [-0.2, -0.15) is 0 Å². The lowest BCUT2D eigenvalue weighted by Gasteiger charge is -2.31. The molecule has 1 unspecified atom stereocenters. The summed E-state index contributed by atoms with van der Waals surface area (Å²) in [6, 6.07) is 0.301. The molecule has 0 spiro atoms. The lowest BCUT2D eigenvalue weighted by molar-refractivity contribution is 0.292. The second-order valence-corrected chi connectivity index (χ2v) is 4.53. The van der Waals surface area contributed by atoms with Crippen LogP contribution in [0.1, 0.15) is 52.4 Å². The molecule has 0 aliphatic rings. The van der Waals surface area contributed by atoms with E-state index in [1.54, 1.807) is 0 Å². The Morgan fingerprint density at radius 3 is 2.47 bits per heavy atom. The van der Waals surface area contributed by atoms with Gasteiger partial charge in [-0.3, -0.25) is 0 Å². The summed E-state index contributed by atoms with van der Waals surface area (Å²) < 4.78 is 2.07. The van der Waals surface area contributed by atoms with E-state index < -0.39 is 0 Å². The first-order valence-electron chi connectivity index (χ1n) is 5.77. The second kappa shape index (κ2) is 4.79. The third-order valence-corrected chi connectivity index (χ3v) is 3.37. The SMILES string of the molecule is CCC(C)(CC)NC(C)c1nccn1C. The topological polar surface area (TPSA) is 29.9 Å². The van der Waals surface area contributed by atoms with Crippen LogP contribution in [0.4, 0.5) is 0 Å². The molecule has 0 bridgehead atoms. The standard InChI is InChI=1S/C12H23N3/c1-6-12(4,7-2)14-10(3)11-13-8-9-15(11)5/h8-10,14H,6-7H2,1-5H3. The Balaban J connectivity index is 2.71. The van der Waals surface area contributed by atoms with Gasteiger partial charge in [-0.1, -0.05) is 13.8 Å². The van der Waals surface area contributed by atoms with E-state index in [-0.39, 0.29) is 5.54 Å². The van der Waals surface area contributed by atoms with Crippen molar-refractivity contribution in [2.75, 3.05) is 0 Å². The number of nitrogens with zero attached hydrogens (tertiary/aromatic N) is 2. The van der Waals surface area contributed by atoms with E-state index in [0.717, 1.165) is 18.7 Å². The maximum atomic E-state index is 4.37. The fraction of sp³-hybridized carbons (Fsp3) is 0.750. The van der Waals surface area contributed by atoms with Gasteiger partial charge in [0.25, 0.3) is 0 Å². The van der Waals surface area contributed by atoms with Crippen LogP contribution in [0.25, 0.3) is 0 Å². The van der Waals surface area contributed by atoms with E-state index in [4.69, 9.17) is 0 Å². The highest BCUT2D eigenvalue weighted by Gasteiger charge is 2.23.